The highest BCUT2D eigenvalue weighted by Crippen LogP contribution is 2.41. The number of aliphatic carboxylic acids is 1. The molecular weight excluding hydrogens is 699 g/mol. The van der Waals surface area contributed by atoms with Gasteiger partial charge in [-0.25, -0.2) is 9.97 Å². The van der Waals surface area contributed by atoms with E-state index in [0.29, 0.717) is 68.2 Å². The number of piperazine rings is 1. The first-order chi connectivity index (χ1) is 26.0. The molecule has 11 nitrogen and oxygen atoms in total. The van der Waals surface area contributed by atoms with E-state index in [9.17, 15) is 20.0 Å². The van der Waals surface area contributed by atoms with E-state index in [2.05, 4.69) is 65.8 Å². The second-order valence-electron chi connectivity index (χ2n) is 15.3. The fraction of sp³-hybridized carbons (Fsp3) is 0.405. The lowest BCUT2D eigenvalue weighted by atomic mass is 9.90. The number of carbonyl (C=O) groups excluding carboxylic acids is 1. The number of carboxylic acids is 1. The summed E-state index contributed by atoms with van der Waals surface area (Å²) in [4.78, 5) is 44.9. The SMILES string of the molecule is CCN1CCN(CC(=O)N2Cc3nc(-c4cccc(-c5cccc(-c6nc7cc(CN8CC[C@@](C)(C(=O)O)C8)cc(C#N)c7o6)c5C)c4C)sc3C2)CC1. The fourth-order valence-electron chi connectivity index (χ4n) is 8.21. The third-order valence-corrected chi connectivity index (χ3v) is 12.8. The average molecular weight is 744 g/mol. The van der Waals surface area contributed by atoms with Crippen LogP contribution in [-0.4, -0.2) is 98.9 Å². The van der Waals surface area contributed by atoms with Crippen LogP contribution in [0.25, 0.3) is 44.3 Å². The summed E-state index contributed by atoms with van der Waals surface area (Å²) < 4.78 is 6.31. The molecule has 2 fully saturated rings. The Hall–Kier alpha value is -4.93. The van der Waals surface area contributed by atoms with E-state index in [-0.39, 0.29) is 5.91 Å². The highest BCUT2D eigenvalue weighted by atomic mass is 32.1. The van der Waals surface area contributed by atoms with E-state index in [0.717, 1.165) is 87.2 Å². The minimum absolute atomic E-state index is 0.177. The lowest BCUT2D eigenvalue weighted by Crippen LogP contribution is -2.49. The molecule has 12 heteroatoms. The molecule has 278 valence electrons. The van der Waals surface area contributed by atoms with Gasteiger partial charge in [-0.2, -0.15) is 5.26 Å². The Morgan fingerprint density at radius 1 is 0.926 bits per heavy atom. The monoisotopic (exact) mass is 743 g/mol. The summed E-state index contributed by atoms with van der Waals surface area (Å²) in [5.74, 6) is -0.154. The number of likely N-dealkylation sites (N-methyl/N-ethyl adjacent to an activating group) is 1. The highest BCUT2D eigenvalue weighted by Gasteiger charge is 2.40. The first kappa shape index (κ1) is 36.1. The van der Waals surface area contributed by atoms with Gasteiger partial charge < -0.3 is 19.3 Å². The quantitative estimate of drug-likeness (QED) is 0.177. The van der Waals surface area contributed by atoms with Crippen LogP contribution in [0, 0.1) is 30.6 Å². The van der Waals surface area contributed by atoms with Crippen LogP contribution < -0.4 is 0 Å². The van der Waals surface area contributed by atoms with Crippen molar-refractivity contribution < 1.29 is 19.1 Å². The predicted octanol–water partition coefficient (Wildman–Crippen LogP) is 6.55. The zero-order valence-electron chi connectivity index (χ0n) is 31.3. The normalized spacial score (nSPS) is 19.4. The fourth-order valence-corrected chi connectivity index (χ4v) is 9.38. The van der Waals surface area contributed by atoms with Crippen molar-refractivity contribution in [1.82, 2.24) is 29.6 Å². The van der Waals surface area contributed by atoms with Gasteiger partial charge in [0.1, 0.15) is 16.6 Å². The number of hydrogen-bond acceptors (Lipinski definition) is 10. The summed E-state index contributed by atoms with van der Waals surface area (Å²) in [5, 5.41) is 20.7. The molecule has 0 bridgehead atoms. The number of carboxylic acid groups (broad SMARTS) is 1. The number of carbonyl (C=O) groups is 2. The van der Waals surface area contributed by atoms with Crippen molar-refractivity contribution >= 4 is 34.3 Å². The molecule has 5 aromatic rings. The van der Waals surface area contributed by atoms with Crippen molar-refractivity contribution in [2.24, 2.45) is 5.41 Å². The zero-order chi connectivity index (χ0) is 37.7. The van der Waals surface area contributed by atoms with Gasteiger partial charge in [0, 0.05) is 55.3 Å². The van der Waals surface area contributed by atoms with Gasteiger partial charge >= 0.3 is 5.97 Å². The lowest BCUT2D eigenvalue weighted by molar-refractivity contribution is -0.147. The van der Waals surface area contributed by atoms with Crippen molar-refractivity contribution in [1.29, 1.82) is 5.26 Å². The molecule has 54 heavy (non-hydrogen) atoms. The number of rotatable bonds is 9. The van der Waals surface area contributed by atoms with Crippen molar-refractivity contribution in [3.05, 3.63) is 81.4 Å². The molecule has 3 aromatic carbocycles. The van der Waals surface area contributed by atoms with Crippen LogP contribution in [-0.2, 0) is 29.2 Å². The summed E-state index contributed by atoms with van der Waals surface area (Å²) >= 11 is 1.68. The molecule has 0 unspecified atom stereocenters. The van der Waals surface area contributed by atoms with Crippen molar-refractivity contribution in [2.75, 3.05) is 52.4 Å². The van der Waals surface area contributed by atoms with E-state index in [1.807, 2.05) is 29.2 Å². The van der Waals surface area contributed by atoms with E-state index in [4.69, 9.17) is 14.4 Å². The minimum atomic E-state index is -0.779. The Kier molecular flexibility index (Phi) is 9.60. The zero-order valence-corrected chi connectivity index (χ0v) is 32.1. The van der Waals surface area contributed by atoms with Gasteiger partial charge in [0.25, 0.3) is 0 Å². The maximum absolute atomic E-state index is 13.2. The van der Waals surface area contributed by atoms with E-state index >= 15 is 0 Å². The number of aromatic nitrogens is 2. The van der Waals surface area contributed by atoms with Crippen molar-refractivity contribution in [3.8, 4) is 39.2 Å². The number of nitrogens with zero attached hydrogens (tertiary/aromatic N) is 7. The number of oxazole rings is 1. The van der Waals surface area contributed by atoms with Gasteiger partial charge in [0.15, 0.2) is 5.58 Å². The van der Waals surface area contributed by atoms with Crippen LogP contribution >= 0.6 is 11.3 Å². The lowest BCUT2D eigenvalue weighted by Gasteiger charge is -2.34. The molecule has 0 radical (unpaired) electrons. The Balaban J connectivity index is 1.01. The molecule has 8 rings (SSSR count). The topological polar surface area (TPSA) is 130 Å². The Labute approximate surface area is 319 Å². The molecule has 2 saturated heterocycles. The first-order valence-corrected chi connectivity index (χ1v) is 19.6. The summed E-state index contributed by atoms with van der Waals surface area (Å²) in [6.07, 6.45) is 0.590. The third-order valence-electron chi connectivity index (χ3n) is 11.6. The number of hydrogen-bond donors (Lipinski definition) is 1. The van der Waals surface area contributed by atoms with Crippen molar-refractivity contribution in [2.45, 2.75) is 53.8 Å². The molecule has 3 aliphatic rings. The standard InChI is InChI=1S/C42H45N7O4S/c1-5-46-14-16-47(17-15-46)24-37(50)49-22-35-36(23-49)54-40(45-35)33-11-7-9-31(27(33)3)30-8-6-10-32(26(30)2)39-44-34-19-28(18-29(20-43)38(34)53-39)21-48-13-12-42(4,25-48)41(51)52/h6-11,18-19H,5,12-17,21-25H2,1-4H3,(H,51,52)/t42-/m1/s1. The highest BCUT2D eigenvalue weighted by molar-refractivity contribution is 7.15. The van der Waals surface area contributed by atoms with Crippen molar-refractivity contribution in [3.63, 3.8) is 0 Å². The molecular formula is C42H45N7O4S. The van der Waals surface area contributed by atoms with Gasteiger partial charge in [-0.1, -0.05) is 37.3 Å². The Morgan fingerprint density at radius 2 is 1.61 bits per heavy atom. The number of likely N-dealkylation sites (tertiary alicyclic amines) is 1. The van der Waals surface area contributed by atoms with Crippen LogP contribution in [0.5, 0.6) is 0 Å². The molecule has 0 aliphatic carbocycles. The third kappa shape index (κ3) is 6.70. The predicted molar refractivity (Wildman–Crippen MR) is 209 cm³/mol. The number of fused-ring (bicyclic) bond motifs is 2. The summed E-state index contributed by atoms with van der Waals surface area (Å²) in [5.41, 5.74) is 8.82. The molecule has 1 amide bonds. The molecule has 5 heterocycles. The summed E-state index contributed by atoms with van der Waals surface area (Å²) in [6, 6.07) is 18.5. The van der Waals surface area contributed by atoms with E-state index < -0.39 is 11.4 Å². The number of amides is 1. The van der Waals surface area contributed by atoms with Gasteiger partial charge in [-0.3, -0.25) is 19.4 Å². The number of nitriles is 1. The molecule has 3 aliphatic heterocycles. The maximum Gasteiger partial charge on any atom is 0.310 e. The molecule has 1 atom stereocenters. The van der Waals surface area contributed by atoms with Gasteiger partial charge in [0.2, 0.25) is 11.8 Å². The minimum Gasteiger partial charge on any atom is -0.481 e. The maximum atomic E-state index is 13.2. The van der Waals surface area contributed by atoms with Crippen LogP contribution in [0.3, 0.4) is 0 Å². The second kappa shape index (κ2) is 14.4. The van der Waals surface area contributed by atoms with E-state index in [1.54, 1.807) is 18.3 Å². The largest absolute Gasteiger partial charge is 0.481 e. The molecule has 0 spiro atoms. The van der Waals surface area contributed by atoms with Gasteiger partial charge in [-0.05, 0) is 86.3 Å². The average Bonchev–Trinajstić information content (AvgIpc) is 3.95. The van der Waals surface area contributed by atoms with Crippen LogP contribution in [0.2, 0.25) is 0 Å². The van der Waals surface area contributed by atoms with Gasteiger partial charge in [0.05, 0.1) is 36.3 Å². The summed E-state index contributed by atoms with van der Waals surface area (Å²) in [7, 11) is 0. The van der Waals surface area contributed by atoms with Crippen LogP contribution in [0.4, 0.5) is 0 Å². The van der Waals surface area contributed by atoms with Crippen LogP contribution in [0.15, 0.2) is 52.9 Å². The van der Waals surface area contributed by atoms with Gasteiger partial charge in [-0.15, -0.1) is 11.3 Å². The Bertz CT molecular complexity index is 2290. The van der Waals surface area contributed by atoms with Crippen LogP contribution in [0.1, 0.15) is 53.1 Å². The summed E-state index contributed by atoms with van der Waals surface area (Å²) in [6.45, 7) is 16.5. The molecule has 2 aromatic heterocycles. The Morgan fingerprint density at radius 3 is 2.28 bits per heavy atom. The molecule has 0 saturated carbocycles. The smallest absolute Gasteiger partial charge is 0.310 e. The van der Waals surface area contributed by atoms with E-state index in [1.165, 1.54) is 0 Å². The number of benzene rings is 3. The molecule has 1 N–H and O–H groups in total. The first-order valence-electron chi connectivity index (χ1n) is 18.7. The number of thiazole rings is 1. The second-order valence-corrected chi connectivity index (χ2v) is 16.3.